The summed E-state index contributed by atoms with van der Waals surface area (Å²) in [6, 6.07) is 4.14. The first kappa shape index (κ1) is 10.9. The lowest BCUT2D eigenvalue weighted by Gasteiger charge is -2.10. The number of nitrogens with one attached hydrogen (secondary N) is 2. The molecule has 0 bridgehead atoms. The molecule has 0 saturated carbocycles. The predicted octanol–water partition coefficient (Wildman–Crippen LogP) is 1.68. The van der Waals surface area contributed by atoms with E-state index in [1.54, 1.807) is 6.26 Å². The van der Waals surface area contributed by atoms with Crippen molar-refractivity contribution in [1.82, 2.24) is 20.5 Å². The molecular formula is C11H16N4O. The normalized spacial score (nSPS) is 12.8. The smallest absolute Gasteiger partial charge is 0.137 e. The van der Waals surface area contributed by atoms with Crippen molar-refractivity contribution < 1.29 is 4.42 Å². The highest BCUT2D eigenvalue weighted by Gasteiger charge is 2.06. The Kier molecular flexibility index (Phi) is 3.71. The minimum absolute atomic E-state index is 0.254. The van der Waals surface area contributed by atoms with E-state index in [1.807, 2.05) is 12.1 Å². The second-order valence-electron chi connectivity index (χ2n) is 3.73. The summed E-state index contributed by atoms with van der Waals surface area (Å²) in [5.74, 6) is 1.91. The largest absolute Gasteiger partial charge is 0.468 e. The average Bonchev–Trinajstić information content (AvgIpc) is 2.96. The summed E-state index contributed by atoms with van der Waals surface area (Å²) in [5.41, 5.74) is 0. The zero-order chi connectivity index (χ0) is 11.2. The molecule has 1 unspecified atom stereocenters. The second kappa shape index (κ2) is 5.46. The van der Waals surface area contributed by atoms with E-state index in [-0.39, 0.29) is 6.04 Å². The Hall–Kier alpha value is -1.62. The summed E-state index contributed by atoms with van der Waals surface area (Å²) in [6.45, 7) is 3.02. The molecule has 1 atom stereocenters. The van der Waals surface area contributed by atoms with Crippen molar-refractivity contribution in [2.45, 2.75) is 25.8 Å². The van der Waals surface area contributed by atoms with Crippen molar-refractivity contribution in [2.75, 3.05) is 6.54 Å². The first-order chi connectivity index (χ1) is 7.86. The summed E-state index contributed by atoms with van der Waals surface area (Å²) in [6.07, 6.45) is 5.17. The van der Waals surface area contributed by atoms with Gasteiger partial charge in [-0.15, -0.1) is 0 Å². The van der Waals surface area contributed by atoms with Gasteiger partial charge in [0.05, 0.1) is 12.3 Å². The Labute approximate surface area is 94.3 Å². The summed E-state index contributed by atoms with van der Waals surface area (Å²) in [5, 5.41) is 10.0. The maximum absolute atomic E-state index is 5.31. The lowest BCUT2D eigenvalue weighted by atomic mass is 10.2. The molecule has 2 rings (SSSR count). The molecule has 0 fully saturated rings. The number of aromatic amines is 1. The molecular weight excluding hydrogens is 204 g/mol. The van der Waals surface area contributed by atoms with Crippen LogP contribution in [-0.2, 0) is 6.42 Å². The quantitative estimate of drug-likeness (QED) is 0.727. The molecule has 5 nitrogen and oxygen atoms in total. The fraction of sp³-hybridized carbons (Fsp3) is 0.455. The Balaban J connectivity index is 1.65. The van der Waals surface area contributed by atoms with Crippen molar-refractivity contribution in [3.05, 3.63) is 36.3 Å². The number of aromatic nitrogens is 3. The van der Waals surface area contributed by atoms with E-state index >= 15 is 0 Å². The molecule has 0 amide bonds. The Morgan fingerprint density at radius 2 is 2.50 bits per heavy atom. The first-order valence-corrected chi connectivity index (χ1v) is 5.47. The number of nitrogens with zero attached hydrogens (tertiary/aromatic N) is 2. The van der Waals surface area contributed by atoms with Crippen molar-refractivity contribution in [3.8, 4) is 0 Å². The molecule has 2 N–H and O–H groups in total. The Morgan fingerprint density at radius 3 is 3.19 bits per heavy atom. The third-order valence-electron chi connectivity index (χ3n) is 2.48. The van der Waals surface area contributed by atoms with Gasteiger partial charge in [0.2, 0.25) is 0 Å². The molecule has 2 aromatic rings. The molecule has 2 aromatic heterocycles. The number of aryl methyl sites for hydroxylation is 1. The fourth-order valence-corrected chi connectivity index (χ4v) is 1.56. The van der Waals surface area contributed by atoms with Crippen molar-refractivity contribution >= 4 is 0 Å². The van der Waals surface area contributed by atoms with Crippen LogP contribution in [0.5, 0.6) is 0 Å². The van der Waals surface area contributed by atoms with Gasteiger partial charge in [-0.1, -0.05) is 0 Å². The molecule has 0 aliphatic rings. The van der Waals surface area contributed by atoms with Crippen LogP contribution in [0.2, 0.25) is 0 Å². The molecule has 2 heterocycles. The standard InChI is InChI=1S/C11H16N4O/c1-9(10-4-3-7-16-10)12-6-2-5-11-13-8-14-15-11/h3-4,7-9,12H,2,5-6H2,1H3,(H,13,14,15). The fourth-order valence-electron chi connectivity index (χ4n) is 1.56. The van der Waals surface area contributed by atoms with Gasteiger partial charge < -0.3 is 9.73 Å². The van der Waals surface area contributed by atoms with Gasteiger partial charge in [-0.3, -0.25) is 5.10 Å². The van der Waals surface area contributed by atoms with Crippen LogP contribution in [0.25, 0.3) is 0 Å². The van der Waals surface area contributed by atoms with Crippen LogP contribution in [-0.4, -0.2) is 21.7 Å². The van der Waals surface area contributed by atoms with Crippen LogP contribution in [0.3, 0.4) is 0 Å². The second-order valence-corrected chi connectivity index (χ2v) is 3.73. The van der Waals surface area contributed by atoms with Gasteiger partial charge in [-0.2, -0.15) is 5.10 Å². The minimum atomic E-state index is 0.254. The van der Waals surface area contributed by atoms with Gasteiger partial charge in [0.1, 0.15) is 17.9 Å². The van der Waals surface area contributed by atoms with Gasteiger partial charge in [0, 0.05) is 6.42 Å². The minimum Gasteiger partial charge on any atom is -0.468 e. The zero-order valence-corrected chi connectivity index (χ0v) is 9.31. The summed E-state index contributed by atoms with van der Waals surface area (Å²) in [7, 11) is 0. The Morgan fingerprint density at radius 1 is 1.56 bits per heavy atom. The number of rotatable bonds is 6. The number of H-pyrrole nitrogens is 1. The van der Waals surface area contributed by atoms with Crippen molar-refractivity contribution in [3.63, 3.8) is 0 Å². The number of hydrogen-bond acceptors (Lipinski definition) is 4. The van der Waals surface area contributed by atoms with Crippen LogP contribution >= 0.6 is 0 Å². The van der Waals surface area contributed by atoms with E-state index < -0.39 is 0 Å². The summed E-state index contributed by atoms with van der Waals surface area (Å²) < 4.78 is 5.31. The van der Waals surface area contributed by atoms with E-state index in [0.717, 1.165) is 31.0 Å². The van der Waals surface area contributed by atoms with Crippen molar-refractivity contribution in [2.24, 2.45) is 0 Å². The van der Waals surface area contributed by atoms with Gasteiger partial charge in [0.15, 0.2) is 0 Å². The lowest BCUT2D eigenvalue weighted by Crippen LogP contribution is -2.19. The maximum Gasteiger partial charge on any atom is 0.137 e. The van der Waals surface area contributed by atoms with Crippen LogP contribution in [0.4, 0.5) is 0 Å². The van der Waals surface area contributed by atoms with Gasteiger partial charge in [-0.05, 0) is 32.0 Å². The molecule has 0 aromatic carbocycles. The van der Waals surface area contributed by atoms with Crippen LogP contribution < -0.4 is 5.32 Å². The van der Waals surface area contributed by atoms with Crippen LogP contribution in [0.15, 0.2) is 29.1 Å². The predicted molar refractivity (Wildman–Crippen MR) is 59.8 cm³/mol. The van der Waals surface area contributed by atoms with E-state index in [9.17, 15) is 0 Å². The lowest BCUT2D eigenvalue weighted by molar-refractivity contribution is 0.428. The molecule has 0 radical (unpaired) electrons. The van der Waals surface area contributed by atoms with Crippen molar-refractivity contribution in [1.29, 1.82) is 0 Å². The summed E-state index contributed by atoms with van der Waals surface area (Å²) >= 11 is 0. The van der Waals surface area contributed by atoms with Crippen LogP contribution in [0.1, 0.15) is 31.0 Å². The number of furan rings is 1. The van der Waals surface area contributed by atoms with E-state index in [2.05, 4.69) is 27.4 Å². The van der Waals surface area contributed by atoms with E-state index in [4.69, 9.17) is 4.42 Å². The van der Waals surface area contributed by atoms with E-state index in [1.165, 1.54) is 6.33 Å². The van der Waals surface area contributed by atoms with Gasteiger partial charge in [-0.25, -0.2) is 4.98 Å². The van der Waals surface area contributed by atoms with Gasteiger partial charge in [0.25, 0.3) is 0 Å². The highest BCUT2D eigenvalue weighted by molar-refractivity contribution is 5.02. The van der Waals surface area contributed by atoms with E-state index in [0.29, 0.717) is 0 Å². The average molecular weight is 220 g/mol. The molecule has 0 saturated heterocycles. The zero-order valence-electron chi connectivity index (χ0n) is 9.31. The number of hydrogen-bond donors (Lipinski definition) is 2. The SMILES string of the molecule is CC(NCCCc1ncn[nH]1)c1ccco1. The molecule has 5 heteroatoms. The summed E-state index contributed by atoms with van der Waals surface area (Å²) in [4.78, 5) is 4.07. The first-order valence-electron chi connectivity index (χ1n) is 5.47. The molecule has 0 aliphatic heterocycles. The molecule has 0 aliphatic carbocycles. The highest BCUT2D eigenvalue weighted by Crippen LogP contribution is 2.11. The van der Waals surface area contributed by atoms with Gasteiger partial charge >= 0.3 is 0 Å². The Bertz CT molecular complexity index is 382. The monoisotopic (exact) mass is 220 g/mol. The highest BCUT2D eigenvalue weighted by atomic mass is 16.3. The van der Waals surface area contributed by atoms with Crippen LogP contribution in [0, 0.1) is 0 Å². The molecule has 86 valence electrons. The topological polar surface area (TPSA) is 66.7 Å². The third-order valence-corrected chi connectivity index (χ3v) is 2.48. The molecule has 0 spiro atoms. The maximum atomic E-state index is 5.31. The molecule has 16 heavy (non-hydrogen) atoms. The third kappa shape index (κ3) is 2.93.